The highest BCUT2D eigenvalue weighted by atomic mass is 14.5. The van der Waals surface area contributed by atoms with Crippen molar-refractivity contribution in [1.82, 2.24) is 0 Å². The third-order valence-corrected chi connectivity index (χ3v) is 8.70. The Kier molecular flexibility index (Phi) is 9.95. The van der Waals surface area contributed by atoms with Crippen molar-refractivity contribution < 1.29 is 0 Å². The van der Waals surface area contributed by atoms with E-state index in [0.29, 0.717) is 0 Å². The van der Waals surface area contributed by atoms with Gasteiger partial charge < -0.3 is 0 Å². The number of aryl methyl sites for hydroxylation is 1. The molecule has 1 nitrogen and oxygen atoms in total. The van der Waals surface area contributed by atoms with Gasteiger partial charge >= 0.3 is 0 Å². The number of benzene rings is 1. The molecule has 1 aromatic carbocycles. The van der Waals surface area contributed by atoms with Gasteiger partial charge in [0.2, 0.25) is 0 Å². The summed E-state index contributed by atoms with van der Waals surface area (Å²) in [4.78, 5) is 0. The molecule has 0 amide bonds. The van der Waals surface area contributed by atoms with Crippen LogP contribution >= 0.6 is 0 Å². The van der Waals surface area contributed by atoms with Crippen LogP contribution in [0.3, 0.4) is 0 Å². The van der Waals surface area contributed by atoms with Crippen molar-refractivity contribution in [2.24, 2.45) is 17.8 Å². The molecule has 0 radical (unpaired) electrons. The first-order valence-corrected chi connectivity index (χ1v) is 13.7. The third-order valence-electron chi connectivity index (χ3n) is 8.70. The van der Waals surface area contributed by atoms with Gasteiger partial charge in [-0.15, -0.1) is 0 Å². The molecule has 2 fully saturated rings. The van der Waals surface area contributed by atoms with E-state index in [0.717, 1.165) is 30.6 Å². The maximum atomic E-state index is 10.1. The maximum Gasteiger partial charge on any atom is 0.0822 e. The Bertz CT molecular complexity index is 651. The molecule has 0 unspecified atom stereocenters. The predicted molar refractivity (Wildman–Crippen MR) is 133 cm³/mol. The molecule has 2 aliphatic rings. The summed E-state index contributed by atoms with van der Waals surface area (Å²) in [5.74, 6) is 2.81. The average molecular weight is 422 g/mol. The molecule has 1 aromatic rings. The Balaban J connectivity index is 1.44. The molecule has 0 heterocycles. The van der Waals surface area contributed by atoms with Crippen LogP contribution in [0.4, 0.5) is 0 Å². The first-order chi connectivity index (χ1) is 15.2. The molecule has 3 rings (SSSR count). The third kappa shape index (κ3) is 6.84. The van der Waals surface area contributed by atoms with E-state index < -0.39 is 0 Å². The van der Waals surface area contributed by atoms with Crippen molar-refractivity contribution in [3.63, 3.8) is 0 Å². The van der Waals surface area contributed by atoms with Crippen molar-refractivity contribution >= 4 is 0 Å². The van der Waals surface area contributed by atoms with E-state index in [1.165, 1.54) is 107 Å². The summed E-state index contributed by atoms with van der Waals surface area (Å²) >= 11 is 0. The van der Waals surface area contributed by atoms with Crippen LogP contribution in [0.2, 0.25) is 0 Å². The maximum absolute atomic E-state index is 10.1. The smallest absolute Gasteiger partial charge is 0.0822 e. The monoisotopic (exact) mass is 421 g/mol. The highest BCUT2D eigenvalue weighted by Gasteiger charge is 2.39. The summed E-state index contributed by atoms with van der Waals surface area (Å²) < 4.78 is 0. The molecular formula is C30H47N. The molecule has 0 bridgehead atoms. The van der Waals surface area contributed by atoms with Crippen LogP contribution in [0.5, 0.6) is 0 Å². The van der Waals surface area contributed by atoms with Crippen molar-refractivity contribution in [3.05, 3.63) is 35.4 Å². The minimum absolute atomic E-state index is 0.227. The minimum Gasteiger partial charge on any atom is -0.197 e. The number of rotatable bonds is 11. The summed E-state index contributed by atoms with van der Waals surface area (Å²) in [6.45, 7) is 4.55. The Morgan fingerprint density at radius 3 is 2.00 bits per heavy atom. The van der Waals surface area contributed by atoms with Gasteiger partial charge in [-0.1, -0.05) is 95.9 Å². The van der Waals surface area contributed by atoms with Crippen LogP contribution in [-0.2, 0) is 11.8 Å². The van der Waals surface area contributed by atoms with Crippen molar-refractivity contribution in [2.75, 3.05) is 0 Å². The Morgan fingerprint density at radius 2 is 1.39 bits per heavy atom. The van der Waals surface area contributed by atoms with Crippen molar-refractivity contribution in [3.8, 4) is 6.07 Å². The molecule has 0 saturated heterocycles. The van der Waals surface area contributed by atoms with Crippen molar-refractivity contribution in [2.45, 2.75) is 128 Å². The molecule has 0 atom stereocenters. The second-order valence-electron chi connectivity index (χ2n) is 10.8. The quantitative estimate of drug-likeness (QED) is 0.327. The Hall–Kier alpha value is -1.29. The lowest BCUT2D eigenvalue weighted by molar-refractivity contribution is 0.143. The zero-order chi connectivity index (χ0) is 21.9. The molecule has 1 heteroatoms. The Morgan fingerprint density at radius 1 is 0.774 bits per heavy atom. The van der Waals surface area contributed by atoms with Gasteiger partial charge in [0.05, 0.1) is 11.5 Å². The van der Waals surface area contributed by atoms with Gasteiger partial charge in [0.25, 0.3) is 0 Å². The minimum atomic E-state index is -0.227. The first-order valence-electron chi connectivity index (χ1n) is 13.7. The van der Waals surface area contributed by atoms with Crippen LogP contribution in [-0.4, -0.2) is 0 Å². The summed E-state index contributed by atoms with van der Waals surface area (Å²) in [6, 6.07) is 11.8. The lowest BCUT2D eigenvalue weighted by Gasteiger charge is -2.41. The lowest BCUT2D eigenvalue weighted by atomic mass is 9.62. The van der Waals surface area contributed by atoms with Gasteiger partial charge in [-0.2, -0.15) is 5.26 Å². The highest BCUT2D eigenvalue weighted by molar-refractivity contribution is 5.35. The second kappa shape index (κ2) is 12.7. The summed E-state index contributed by atoms with van der Waals surface area (Å²) in [7, 11) is 0. The van der Waals surface area contributed by atoms with Crippen LogP contribution in [0, 0.1) is 29.1 Å². The van der Waals surface area contributed by atoms with Gasteiger partial charge in [0.1, 0.15) is 0 Å². The van der Waals surface area contributed by atoms with E-state index in [2.05, 4.69) is 44.2 Å². The van der Waals surface area contributed by atoms with E-state index in [4.69, 9.17) is 0 Å². The number of unbranched alkanes of at least 4 members (excludes halogenated alkanes) is 5. The summed E-state index contributed by atoms with van der Waals surface area (Å²) in [6.07, 6.45) is 22.8. The number of nitriles is 1. The highest BCUT2D eigenvalue weighted by Crippen LogP contribution is 2.47. The van der Waals surface area contributed by atoms with Crippen LogP contribution in [0.25, 0.3) is 0 Å². The molecule has 172 valence electrons. The summed E-state index contributed by atoms with van der Waals surface area (Å²) in [5, 5.41) is 10.1. The SMILES string of the molecule is CCCCCCCC1CCC([C@H]2CC[C@](C#N)(c3ccc(CCCC)cc3)CC2)CC1. The number of hydrogen-bond acceptors (Lipinski definition) is 1. The van der Waals surface area contributed by atoms with E-state index in [1.54, 1.807) is 0 Å². The van der Waals surface area contributed by atoms with E-state index in [-0.39, 0.29) is 5.41 Å². The van der Waals surface area contributed by atoms with E-state index in [1.807, 2.05) is 0 Å². The molecule has 0 aliphatic heterocycles. The zero-order valence-electron chi connectivity index (χ0n) is 20.5. The van der Waals surface area contributed by atoms with Crippen LogP contribution < -0.4 is 0 Å². The van der Waals surface area contributed by atoms with Gasteiger partial charge in [-0.3, -0.25) is 0 Å². The van der Waals surface area contributed by atoms with Crippen LogP contribution in [0.15, 0.2) is 24.3 Å². The van der Waals surface area contributed by atoms with Gasteiger partial charge in [-0.05, 0) is 80.2 Å². The van der Waals surface area contributed by atoms with E-state index in [9.17, 15) is 5.26 Å². The topological polar surface area (TPSA) is 23.8 Å². The standard InChI is InChI=1S/C30H47N/c1-3-5-7-8-9-11-26-12-16-27(17-13-26)28-20-22-30(24-31,23-21-28)29-18-14-25(15-19-29)10-6-4-2/h14-15,18-19,26-28H,3-13,16-17,20-23H2,1-2H3/t26?,27?,28-,30-. The number of nitrogens with zero attached hydrogens (tertiary/aromatic N) is 1. The molecule has 0 aromatic heterocycles. The fraction of sp³-hybridized carbons (Fsp3) is 0.767. The molecular weight excluding hydrogens is 374 g/mol. The fourth-order valence-electron chi connectivity index (χ4n) is 6.43. The van der Waals surface area contributed by atoms with Gasteiger partial charge in [0, 0.05) is 0 Å². The summed E-state index contributed by atoms with van der Waals surface area (Å²) in [5.41, 5.74) is 2.48. The largest absolute Gasteiger partial charge is 0.197 e. The first kappa shape index (κ1) is 24.4. The van der Waals surface area contributed by atoms with Crippen LogP contribution in [0.1, 0.15) is 128 Å². The normalized spacial score (nSPS) is 28.9. The van der Waals surface area contributed by atoms with E-state index >= 15 is 0 Å². The second-order valence-corrected chi connectivity index (χ2v) is 10.8. The molecule has 0 spiro atoms. The lowest BCUT2D eigenvalue weighted by Crippen LogP contribution is -2.33. The fourth-order valence-corrected chi connectivity index (χ4v) is 6.43. The molecule has 2 aliphatic carbocycles. The average Bonchev–Trinajstić information content (AvgIpc) is 2.83. The predicted octanol–water partition coefficient (Wildman–Crippen LogP) is 9.15. The van der Waals surface area contributed by atoms with Gasteiger partial charge in [0.15, 0.2) is 0 Å². The van der Waals surface area contributed by atoms with Crippen molar-refractivity contribution in [1.29, 1.82) is 5.26 Å². The zero-order valence-corrected chi connectivity index (χ0v) is 20.5. The Labute approximate surface area is 193 Å². The molecule has 31 heavy (non-hydrogen) atoms. The number of hydrogen-bond donors (Lipinski definition) is 0. The molecule has 2 saturated carbocycles. The molecule has 0 N–H and O–H groups in total. The van der Waals surface area contributed by atoms with Gasteiger partial charge in [-0.25, -0.2) is 0 Å².